The fraction of sp³-hybridized carbons (Fsp3) is 0.438. The number of aromatic nitrogens is 2. The largest absolute Gasteiger partial charge is 0.491 e. The van der Waals surface area contributed by atoms with Crippen molar-refractivity contribution in [3.63, 3.8) is 0 Å². The Bertz CT molecular complexity index is 595. The molecule has 1 aromatic heterocycles. The number of aryl methyl sites for hydroxylation is 2. The zero-order valence-electron chi connectivity index (χ0n) is 12.8. The summed E-state index contributed by atoms with van der Waals surface area (Å²) in [6.07, 6.45) is 3.80. The number of nitrogens with one attached hydrogen (secondary N) is 1. The maximum absolute atomic E-state index is 6.04. The fourth-order valence-corrected chi connectivity index (χ4v) is 2.90. The van der Waals surface area contributed by atoms with Gasteiger partial charge in [0.15, 0.2) is 0 Å². The van der Waals surface area contributed by atoms with Crippen LogP contribution in [0, 0.1) is 13.8 Å². The van der Waals surface area contributed by atoms with Gasteiger partial charge in [0, 0.05) is 29.0 Å². The van der Waals surface area contributed by atoms with Gasteiger partial charge in [-0.05, 0) is 38.1 Å². The predicted molar refractivity (Wildman–Crippen MR) is 88.7 cm³/mol. The van der Waals surface area contributed by atoms with Crippen LogP contribution in [0.3, 0.4) is 0 Å². The SMILES string of the molecule is CCNCc1cc(Br)cc(C)c1OCCn1ccnc1C. The van der Waals surface area contributed by atoms with Crippen molar-refractivity contribution in [2.75, 3.05) is 13.2 Å². The summed E-state index contributed by atoms with van der Waals surface area (Å²) in [6, 6.07) is 4.21. The van der Waals surface area contributed by atoms with E-state index >= 15 is 0 Å². The molecule has 0 aliphatic rings. The Morgan fingerprint density at radius 1 is 1.33 bits per heavy atom. The van der Waals surface area contributed by atoms with Crippen LogP contribution in [0.1, 0.15) is 23.9 Å². The Morgan fingerprint density at radius 2 is 2.14 bits per heavy atom. The normalized spacial score (nSPS) is 10.9. The second-order valence-electron chi connectivity index (χ2n) is 5.01. The second kappa shape index (κ2) is 7.61. The minimum atomic E-state index is 0.638. The molecular formula is C16H22BrN3O. The number of ether oxygens (including phenoxy) is 1. The van der Waals surface area contributed by atoms with Gasteiger partial charge in [-0.1, -0.05) is 22.9 Å². The Labute approximate surface area is 134 Å². The van der Waals surface area contributed by atoms with E-state index in [9.17, 15) is 0 Å². The number of benzene rings is 1. The lowest BCUT2D eigenvalue weighted by molar-refractivity contribution is 0.291. The molecule has 21 heavy (non-hydrogen) atoms. The smallest absolute Gasteiger partial charge is 0.126 e. The number of imidazole rings is 1. The van der Waals surface area contributed by atoms with Crippen LogP contribution in [0.2, 0.25) is 0 Å². The van der Waals surface area contributed by atoms with E-state index in [-0.39, 0.29) is 0 Å². The number of nitrogens with zero attached hydrogens (tertiary/aromatic N) is 2. The summed E-state index contributed by atoms with van der Waals surface area (Å²) in [5, 5.41) is 3.36. The van der Waals surface area contributed by atoms with E-state index in [1.165, 1.54) is 5.56 Å². The van der Waals surface area contributed by atoms with Crippen molar-refractivity contribution in [3.8, 4) is 5.75 Å². The fourth-order valence-electron chi connectivity index (χ4n) is 2.28. The molecule has 0 saturated carbocycles. The minimum absolute atomic E-state index is 0.638. The molecule has 0 saturated heterocycles. The van der Waals surface area contributed by atoms with Crippen molar-refractivity contribution in [1.29, 1.82) is 0 Å². The summed E-state index contributed by atoms with van der Waals surface area (Å²) in [4.78, 5) is 4.22. The van der Waals surface area contributed by atoms with Gasteiger partial charge in [-0.2, -0.15) is 0 Å². The first kappa shape index (κ1) is 16.0. The van der Waals surface area contributed by atoms with Crippen LogP contribution in [0.25, 0.3) is 0 Å². The molecule has 0 aliphatic heterocycles. The van der Waals surface area contributed by atoms with Gasteiger partial charge >= 0.3 is 0 Å². The average Bonchev–Trinajstić information content (AvgIpc) is 2.84. The molecule has 2 aromatic rings. The van der Waals surface area contributed by atoms with E-state index in [4.69, 9.17) is 4.74 Å². The highest BCUT2D eigenvalue weighted by Crippen LogP contribution is 2.28. The monoisotopic (exact) mass is 351 g/mol. The highest BCUT2D eigenvalue weighted by Gasteiger charge is 2.09. The highest BCUT2D eigenvalue weighted by molar-refractivity contribution is 9.10. The van der Waals surface area contributed by atoms with Gasteiger partial charge in [-0.15, -0.1) is 0 Å². The van der Waals surface area contributed by atoms with Gasteiger partial charge in [0.05, 0.1) is 6.54 Å². The molecular weight excluding hydrogens is 330 g/mol. The molecule has 1 aromatic carbocycles. The van der Waals surface area contributed by atoms with Gasteiger partial charge < -0.3 is 14.6 Å². The lowest BCUT2D eigenvalue weighted by atomic mass is 10.1. The van der Waals surface area contributed by atoms with Crippen molar-refractivity contribution in [2.45, 2.75) is 33.9 Å². The summed E-state index contributed by atoms with van der Waals surface area (Å²) in [5.74, 6) is 2.00. The lowest BCUT2D eigenvalue weighted by Gasteiger charge is -2.16. The van der Waals surface area contributed by atoms with Crippen LogP contribution in [-0.2, 0) is 13.1 Å². The van der Waals surface area contributed by atoms with Crippen molar-refractivity contribution in [1.82, 2.24) is 14.9 Å². The van der Waals surface area contributed by atoms with Crippen LogP contribution >= 0.6 is 15.9 Å². The molecule has 0 bridgehead atoms. The third-order valence-corrected chi connectivity index (χ3v) is 3.84. The van der Waals surface area contributed by atoms with E-state index in [1.54, 1.807) is 0 Å². The van der Waals surface area contributed by atoms with Crippen LogP contribution in [0.5, 0.6) is 5.75 Å². The molecule has 1 heterocycles. The summed E-state index contributed by atoms with van der Waals surface area (Å²) in [5.41, 5.74) is 2.34. The summed E-state index contributed by atoms with van der Waals surface area (Å²) >= 11 is 3.55. The molecule has 0 amide bonds. The molecule has 0 fully saturated rings. The molecule has 1 N–H and O–H groups in total. The first-order valence-corrected chi connectivity index (χ1v) is 8.01. The maximum Gasteiger partial charge on any atom is 0.126 e. The molecule has 0 unspecified atom stereocenters. The van der Waals surface area contributed by atoms with Gasteiger partial charge in [0.2, 0.25) is 0 Å². The third-order valence-electron chi connectivity index (χ3n) is 3.38. The Morgan fingerprint density at radius 3 is 2.81 bits per heavy atom. The number of rotatable bonds is 7. The topological polar surface area (TPSA) is 39.1 Å². The van der Waals surface area contributed by atoms with Crippen LogP contribution in [0.4, 0.5) is 0 Å². The van der Waals surface area contributed by atoms with E-state index in [0.717, 1.165) is 41.2 Å². The Hall–Kier alpha value is -1.33. The van der Waals surface area contributed by atoms with Gasteiger partial charge in [0.25, 0.3) is 0 Å². The van der Waals surface area contributed by atoms with E-state index < -0.39 is 0 Å². The average molecular weight is 352 g/mol. The van der Waals surface area contributed by atoms with Gasteiger partial charge in [-0.25, -0.2) is 4.98 Å². The first-order valence-electron chi connectivity index (χ1n) is 7.22. The maximum atomic E-state index is 6.04. The van der Waals surface area contributed by atoms with Crippen LogP contribution in [0.15, 0.2) is 29.0 Å². The van der Waals surface area contributed by atoms with Crippen molar-refractivity contribution >= 4 is 15.9 Å². The van der Waals surface area contributed by atoms with Crippen molar-refractivity contribution < 1.29 is 4.74 Å². The predicted octanol–water partition coefficient (Wildman–Crippen LogP) is 3.45. The number of hydrogen-bond donors (Lipinski definition) is 1. The van der Waals surface area contributed by atoms with Crippen LogP contribution < -0.4 is 10.1 Å². The minimum Gasteiger partial charge on any atom is -0.491 e. The molecule has 0 atom stereocenters. The molecule has 0 aliphatic carbocycles. The lowest BCUT2D eigenvalue weighted by Crippen LogP contribution is -2.15. The first-order chi connectivity index (χ1) is 10.1. The molecule has 0 radical (unpaired) electrons. The second-order valence-corrected chi connectivity index (χ2v) is 5.92. The molecule has 2 rings (SSSR count). The van der Waals surface area contributed by atoms with Gasteiger partial charge in [0.1, 0.15) is 18.2 Å². The standard InChI is InChI=1S/C16H22BrN3O/c1-4-18-11-14-10-15(17)9-12(2)16(14)21-8-7-20-6-5-19-13(20)3/h5-6,9-10,18H,4,7-8,11H2,1-3H3. The van der Waals surface area contributed by atoms with E-state index in [1.807, 2.05) is 19.3 Å². The molecule has 0 spiro atoms. The zero-order valence-corrected chi connectivity index (χ0v) is 14.4. The van der Waals surface area contributed by atoms with E-state index in [2.05, 4.69) is 56.8 Å². The summed E-state index contributed by atoms with van der Waals surface area (Å²) in [6.45, 7) is 9.39. The molecule has 114 valence electrons. The third kappa shape index (κ3) is 4.32. The molecule has 5 heteroatoms. The number of halogens is 1. The highest BCUT2D eigenvalue weighted by atomic mass is 79.9. The molecule has 4 nitrogen and oxygen atoms in total. The Kier molecular flexibility index (Phi) is 5.82. The van der Waals surface area contributed by atoms with Crippen molar-refractivity contribution in [3.05, 3.63) is 46.0 Å². The van der Waals surface area contributed by atoms with Crippen LogP contribution in [-0.4, -0.2) is 22.7 Å². The summed E-state index contributed by atoms with van der Waals surface area (Å²) in [7, 11) is 0. The summed E-state index contributed by atoms with van der Waals surface area (Å²) < 4.78 is 9.22. The zero-order chi connectivity index (χ0) is 15.2. The quantitative estimate of drug-likeness (QED) is 0.830. The van der Waals surface area contributed by atoms with Gasteiger partial charge in [-0.3, -0.25) is 0 Å². The van der Waals surface area contributed by atoms with Crippen molar-refractivity contribution in [2.24, 2.45) is 0 Å². The Balaban J connectivity index is 2.05. The number of hydrogen-bond acceptors (Lipinski definition) is 3. The van der Waals surface area contributed by atoms with E-state index in [0.29, 0.717) is 6.61 Å².